The van der Waals surface area contributed by atoms with Gasteiger partial charge in [-0.3, -0.25) is 0 Å². The smallest absolute Gasteiger partial charge is 0.378 e. The lowest BCUT2D eigenvalue weighted by atomic mass is 9.69. The Morgan fingerprint density at radius 1 is 0.694 bits per heavy atom. The van der Waals surface area contributed by atoms with Gasteiger partial charge in [-0.2, -0.15) is 0 Å². The number of rotatable bonds is 23. The summed E-state index contributed by atoms with van der Waals surface area (Å²) < 4.78 is 12.2. The van der Waals surface area contributed by atoms with E-state index in [1.54, 1.807) is 0 Å². The van der Waals surface area contributed by atoms with Crippen LogP contribution in [-0.4, -0.2) is 45.2 Å². The normalized spacial score (nSPS) is 18.0. The highest BCUT2D eigenvalue weighted by molar-refractivity contribution is 5.89. The van der Waals surface area contributed by atoms with Crippen molar-refractivity contribution in [3.63, 3.8) is 0 Å². The summed E-state index contributed by atoms with van der Waals surface area (Å²) in [4.78, 5) is 12.2. The molecule has 0 fully saturated rings. The van der Waals surface area contributed by atoms with Gasteiger partial charge in [-0.15, -0.1) is 0 Å². The zero-order chi connectivity index (χ0) is 26.9. The summed E-state index contributed by atoms with van der Waals surface area (Å²) in [7, 11) is 0. The molecule has 0 spiro atoms. The van der Waals surface area contributed by atoms with Crippen molar-refractivity contribution in [2.75, 3.05) is 6.61 Å². The standard InChI is InChI=1S/C30H56O6/c1-5-9-13-17-21-29(22-18-14-10-6-2,35-24-20-16-12-8-4)30(34,23-19-15-11-7-3)27-25(31)26(32)28(33)36-27/h27,31-32,34H,5-24H2,1-4H3/t27-,30+/m0/s1. The maximum Gasteiger partial charge on any atom is 0.378 e. The fourth-order valence-corrected chi connectivity index (χ4v) is 5.49. The van der Waals surface area contributed by atoms with Crippen LogP contribution < -0.4 is 0 Å². The Morgan fingerprint density at radius 3 is 1.56 bits per heavy atom. The number of unbranched alkanes of at least 4 members (excludes halogenated alkanes) is 12. The summed E-state index contributed by atoms with van der Waals surface area (Å²) in [6.45, 7) is 9.20. The molecule has 0 aromatic heterocycles. The van der Waals surface area contributed by atoms with Gasteiger partial charge in [0.2, 0.25) is 5.76 Å². The number of hydrogen-bond donors (Lipinski definition) is 3. The van der Waals surface area contributed by atoms with Crippen LogP contribution in [0.5, 0.6) is 0 Å². The molecule has 0 saturated heterocycles. The van der Waals surface area contributed by atoms with E-state index in [1.165, 1.54) is 0 Å². The van der Waals surface area contributed by atoms with Crippen LogP contribution in [0.4, 0.5) is 0 Å². The molecule has 6 heteroatoms. The van der Waals surface area contributed by atoms with Crippen LogP contribution in [0.1, 0.15) is 150 Å². The first-order valence-electron chi connectivity index (χ1n) is 15.0. The van der Waals surface area contributed by atoms with Crippen LogP contribution >= 0.6 is 0 Å². The molecule has 0 aromatic carbocycles. The highest BCUT2D eigenvalue weighted by Gasteiger charge is 2.60. The van der Waals surface area contributed by atoms with E-state index in [-0.39, 0.29) is 0 Å². The van der Waals surface area contributed by atoms with Crippen molar-refractivity contribution in [3.8, 4) is 0 Å². The second-order valence-corrected chi connectivity index (χ2v) is 10.8. The van der Waals surface area contributed by atoms with E-state index in [4.69, 9.17) is 9.47 Å². The Hall–Kier alpha value is -1.27. The molecule has 0 unspecified atom stereocenters. The van der Waals surface area contributed by atoms with Crippen molar-refractivity contribution >= 4 is 5.97 Å². The van der Waals surface area contributed by atoms with E-state index < -0.39 is 34.8 Å². The molecule has 1 heterocycles. The third-order valence-corrected chi connectivity index (χ3v) is 7.79. The van der Waals surface area contributed by atoms with Crippen LogP contribution in [0, 0.1) is 0 Å². The molecule has 1 rings (SSSR count). The highest BCUT2D eigenvalue weighted by atomic mass is 16.6. The van der Waals surface area contributed by atoms with Gasteiger partial charge in [0.05, 0.1) is 0 Å². The fraction of sp³-hybridized carbons (Fsp3) is 0.900. The largest absolute Gasteiger partial charge is 0.505 e. The number of aliphatic hydroxyl groups excluding tert-OH is 2. The predicted octanol–water partition coefficient (Wildman–Crippen LogP) is 8.22. The lowest BCUT2D eigenvalue weighted by Crippen LogP contribution is -2.63. The van der Waals surface area contributed by atoms with Crippen molar-refractivity contribution < 1.29 is 29.6 Å². The van der Waals surface area contributed by atoms with E-state index in [0.29, 0.717) is 25.9 Å². The number of cyclic esters (lactones) is 1. The molecule has 0 aromatic rings. The van der Waals surface area contributed by atoms with Gasteiger partial charge in [0.25, 0.3) is 0 Å². The van der Waals surface area contributed by atoms with Gasteiger partial charge in [0.1, 0.15) is 11.2 Å². The summed E-state index contributed by atoms with van der Waals surface area (Å²) in [5.41, 5.74) is -2.58. The van der Waals surface area contributed by atoms with Gasteiger partial charge in [-0.05, 0) is 25.7 Å². The number of carbonyl (C=O) groups is 1. The number of ether oxygens (including phenoxy) is 2. The molecule has 6 nitrogen and oxygen atoms in total. The monoisotopic (exact) mass is 512 g/mol. The topological polar surface area (TPSA) is 96.2 Å². The van der Waals surface area contributed by atoms with Crippen molar-refractivity contribution in [3.05, 3.63) is 11.5 Å². The molecule has 0 radical (unpaired) electrons. The molecule has 0 saturated carbocycles. The summed E-state index contributed by atoms with van der Waals surface area (Å²) in [5.74, 6) is -2.32. The Kier molecular flexibility index (Phi) is 16.4. The van der Waals surface area contributed by atoms with Gasteiger partial charge in [0, 0.05) is 6.61 Å². The summed E-state index contributed by atoms with van der Waals surface area (Å²) >= 11 is 0. The molecule has 3 N–H and O–H groups in total. The van der Waals surface area contributed by atoms with Gasteiger partial charge < -0.3 is 24.8 Å². The minimum absolute atomic E-state index is 0.346. The van der Waals surface area contributed by atoms with Gasteiger partial charge in [-0.25, -0.2) is 4.79 Å². The zero-order valence-corrected chi connectivity index (χ0v) is 23.8. The Labute approximate surface area is 220 Å². The predicted molar refractivity (Wildman–Crippen MR) is 146 cm³/mol. The number of hydrogen-bond acceptors (Lipinski definition) is 6. The van der Waals surface area contributed by atoms with Crippen LogP contribution in [0.2, 0.25) is 0 Å². The van der Waals surface area contributed by atoms with E-state index in [0.717, 1.165) is 103 Å². The summed E-state index contributed by atoms with van der Waals surface area (Å²) in [6, 6.07) is 0. The first kappa shape index (κ1) is 32.8. The Bertz CT molecular complexity index is 619. The SMILES string of the molecule is CCCCCCOC(CCCCCC)(CCCCCC)[C@@](O)(CCCCCC)[C@H]1OC(=O)C(O)=C1O. The number of esters is 1. The Morgan fingerprint density at radius 2 is 1.14 bits per heavy atom. The lowest BCUT2D eigenvalue weighted by molar-refractivity contribution is -0.236. The average Bonchev–Trinajstić information content (AvgIpc) is 3.13. The number of carbonyl (C=O) groups excluding carboxylic acids is 1. The minimum Gasteiger partial charge on any atom is -0.505 e. The van der Waals surface area contributed by atoms with Crippen LogP contribution in [0.3, 0.4) is 0 Å². The average molecular weight is 513 g/mol. The minimum atomic E-state index is -1.62. The fourth-order valence-electron chi connectivity index (χ4n) is 5.49. The molecular weight excluding hydrogens is 456 g/mol. The van der Waals surface area contributed by atoms with Crippen LogP contribution in [0.15, 0.2) is 11.5 Å². The van der Waals surface area contributed by atoms with Crippen LogP contribution in [-0.2, 0) is 14.3 Å². The van der Waals surface area contributed by atoms with E-state index in [2.05, 4.69) is 27.7 Å². The highest BCUT2D eigenvalue weighted by Crippen LogP contribution is 2.46. The van der Waals surface area contributed by atoms with Crippen LogP contribution in [0.25, 0.3) is 0 Å². The number of aliphatic hydroxyl groups is 3. The quantitative estimate of drug-likeness (QED) is 0.0942. The molecule has 2 atom stereocenters. The summed E-state index contributed by atoms with van der Waals surface area (Å²) in [6.07, 6.45) is 16.7. The first-order valence-corrected chi connectivity index (χ1v) is 15.0. The van der Waals surface area contributed by atoms with Gasteiger partial charge >= 0.3 is 5.97 Å². The van der Waals surface area contributed by atoms with E-state index >= 15 is 0 Å². The Balaban J connectivity index is 3.40. The van der Waals surface area contributed by atoms with Crippen molar-refractivity contribution in [2.24, 2.45) is 0 Å². The second-order valence-electron chi connectivity index (χ2n) is 10.8. The summed E-state index contributed by atoms with van der Waals surface area (Å²) in [5, 5.41) is 33.4. The molecular formula is C30H56O6. The van der Waals surface area contributed by atoms with Crippen molar-refractivity contribution in [2.45, 2.75) is 167 Å². The second kappa shape index (κ2) is 18.1. The van der Waals surface area contributed by atoms with Crippen molar-refractivity contribution in [1.82, 2.24) is 0 Å². The first-order chi connectivity index (χ1) is 17.3. The maximum absolute atomic E-state index is 12.5. The molecule has 36 heavy (non-hydrogen) atoms. The molecule has 1 aliphatic heterocycles. The van der Waals surface area contributed by atoms with E-state index in [1.807, 2.05) is 0 Å². The molecule has 1 aliphatic rings. The zero-order valence-electron chi connectivity index (χ0n) is 23.8. The molecule has 212 valence electrons. The third-order valence-electron chi connectivity index (χ3n) is 7.79. The van der Waals surface area contributed by atoms with Gasteiger partial charge in [-0.1, -0.05) is 124 Å². The van der Waals surface area contributed by atoms with Crippen molar-refractivity contribution in [1.29, 1.82) is 0 Å². The van der Waals surface area contributed by atoms with Gasteiger partial charge in [0.15, 0.2) is 11.9 Å². The molecule has 0 amide bonds. The molecule has 0 bridgehead atoms. The maximum atomic E-state index is 12.5. The third kappa shape index (κ3) is 9.55. The lowest BCUT2D eigenvalue weighted by Gasteiger charge is -2.50. The van der Waals surface area contributed by atoms with E-state index in [9.17, 15) is 20.1 Å². The molecule has 0 aliphatic carbocycles.